The lowest BCUT2D eigenvalue weighted by atomic mass is 9.91. The molecule has 1 saturated heterocycles. The van der Waals surface area contributed by atoms with Crippen LogP contribution in [0.15, 0.2) is 12.7 Å². The second kappa shape index (κ2) is 3.91. The first-order valence-electron chi connectivity index (χ1n) is 4.71. The molecule has 1 N–H and O–H groups in total. The first-order chi connectivity index (χ1) is 5.33. The van der Waals surface area contributed by atoms with Crippen molar-refractivity contribution in [3.8, 4) is 0 Å². The Morgan fingerprint density at radius 3 is 2.91 bits per heavy atom. The van der Waals surface area contributed by atoms with E-state index in [1.165, 1.54) is 38.6 Å². The summed E-state index contributed by atoms with van der Waals surface area (Å²) >= 11 is 0. The largest absolute Gasteiger partial charge is 0.308 e. The molecule has 11 heavy (non-hydrogen) atoms. The van der Waals surface area contributed by atoms with Gasteiger partial charge in [-0.2, -0.15) is 0 Å². The van der Waals surface area contributed by atoms with Crippen LogP contribution in [-0.4, -0.2) is 12.1 Å². The molecular weight excluding hydrogens is 134 g/mol. The van der Waals surface area contributed by atoms with Crippen LogP contribution in [0.5, 0.6) is 0 Å². The van der Waals surface area contributed by atoms with E-state index in [4.69, 9.17) is 0 Å². The zero-order chi connectivity index (χ0) is 8.16. The Morgan fingerprint density at radius 2 is 2.27 bits per heavy atom. The maximum absolute atomic E-state index is 3.91. The molecule has 1 heteroatoms. The maximum atomic E-state index is 3.91. The summed E-state index contributed by atoms with van der Waals surface area (Å²) in [5.74, 6) is 0. The third kappa shape index (κ3) is 2.06. The molecular formula is C10H19N. The molecule has 0 bridgehead atoms. The monoisotopic (exact) mass is 153 g/mol. The summed E-state index contributed by atoms with van der Waals surface area (Å²) in [6, 6.07) is 0. The highest BCUT2D eigenvalue weighted by atomic mass is 15.0. The van der Waals surface area contributed by atoms with Gasteiger partial charge in [-0.05, 0) is 25.8 Å². The Balaban J connectivity index is 2.55. The predicted octanol–water partition coefficient (Wildman–Crippen LogP) is 2.48. The fourth-order valence-electron chi connectivity index (χ4n) is 1.79. The van der Waals surface area contributed by atoms with Gasteiger partial charge in [0.2, 0.25) is 0 Å². The Kier molecular flexibility index (Phi) is 3.13. The van der Waals surface area contributed by atoms with E-state index in [-0.39, 0.29) is 5.54 Å². The Hall–Kier alpha value is -0.300. The van der Waals surface area contributed by atoms with Gasteiger partial charge in [0.15, 0.2) is 0 Å². The lowest BCUT2D eigenvalue weighted by molar-refractivity contribution is 0.383. The van der Waals surface area contributed by atoms with E-state index in [1.54, 1.807) is 0 Å². The number of rotatable bonds is 2. The number of hydrogen-bond donors (Lipinski definition) is 1. The molecule has 1 heterocycles. The molecule has 0 aromatic heterocycles. The molecule has 1 aliphatic heterocycles. The fraction of sp³-hybridized carbons (Fsp3) is 0.800. The van der Waals surface area contributed by atoms with Crippen molar-refractivity contribution in [2.24, 2.45) is 0 Å². The van der Waals surface area contributed by atoms with Crippen LogP contribution in [0.25, 0.3) is 0 Å². The molecule has 0 amide bonds. The molecule has 0 aliphatic carbocycles. The SMILES string of the molecule is C=CC1(CC)CCCCCN1. The van der Waals surface area contributed by atoms with Crippen molar-refractivity contribution < 1.29 is 0 Å². The van der Waals surface area contributed by atoms with Gasteiger partial charge in [0.05, 0.1) is 0 Å². The Labute approximate surface area is 69.9 Å². The molecule has 0 aromatic carbocycles. The van der Waals surface area contributed by atoms with Crippen LogP contribution in [0.1, 0.15) is 39.0 Å². The molecule has 64 valence electrons. The summed E-state index contributed by atoms with van der Waals surface area (Å²) < 4.78 is 0. The third-order valence-electron chi connectivity index (χ3n) is 2.80. The van der Waals surface area contributed by atoms with Gasteiger partial charge in [0, 0.05) is 5.54 Å². The summed E-state index contributed by atoms with van der Waals surface area (Å²) in [6.45, 7) is 7.31. The van der Waals surface area contributed by atoms with E-state index in [0.717, 1.165) is 0 Å². The Bertz CT molecular complexity index is 121. The average molecular weight is 153 g/mol. The first kappa shape index (κ1) is 8.79. The van der Waals surface area contributed by atoms with Crippen molar-refractivity contribution in [2.45, 2.75) is 44.6 Å². The van der Waals surface area contributed by atoms with Crippen LogP contribution in [0.4, 0.5) is 0 Å². The van der Waals surface area contributed by atoms with Crippen LogP contribution in [-0.2, 0) is 0 Å². The molecule has 0 aromatic rings. The van der Waals surface area contributed by atoms with E-state index in [2.05, 4.69) is 24.9 Å². The van der Waals surface area contributed by atoms with Crippen molar-refractivity contribution in [1.29, 1.82) is 0 Å². The first-order valence-corrected chi connectivity index (χ1v) is 4.71. The number of nitrogens with one attached hydrogen (secondary N) is 1. The van der Waals surface area contributed by atoms with Crippen LogP contribution in [0.2, 0.25) is 0 Å². The van der Waals surface area contributed by atoms with E-state index in [9.17, 15) is 0 Å². The lowest BCUT2D eigenvalue weighted by Gasteiger charge is -2.28. The van der Waals surface area contributed by atoms with Crippen LogP contribution >= 0.6 is 0 Å². The van der Waals surface area contributed by atoms with E-state index in [0.29, 0.717) is 0 Å². The van der Waals surface area contributed by atoms with Crippen LogP contribution in [0, 0.1) is 0 Å². The van der Waals surface area contributed by atoms with E-state index in [1.807, 2.05) is 0 Å². The number of hydrogen-bond acceptors (Lipinski definition) is 1. The van der Waals surface area contributed by atoms with Gasteiger partial charge in [-0.3, -0.25) is 0 Å². The maximum Gasteiger partial charge on any atom is 0.0358 e. The minimum absolute atomic E-state index is 0.260. The van der Waals surface area contributed by atoms with Gasteiger partial charge in [-0.25, -0.2) is 0 Å². The predicted molar refractivity (Wildman–Crippen MR) is 49.7 cm³/mol. The van der Waals surface area contributed by atoms with Crippen LogP contribution in [0.3, 0.4) is 0 Å². The fourth-order valence-corrected chi connectivity index (χ4v) is 1.79. The standard InChI is InChI=1S/C10H19N/c1-3-10(4-2)8-6-5-7-9-11-10/h3,11H,1,4-9H2,2H3. The molecule has 0 spiro atoms. The molecule has 0 saturated carbocycles. The Morgan fingerprint density at radius 1 is 1.45 bits per heavy atom. The van der Waals surface area contributed by atoms with E-state index >= 15 is 0 Å². The third-order valence-corrected chi connectivity index (χ3v) is 2.80. The van der Waals surface area contributed by atoms with Gasteiger partial charge in [0.25, 0.3) is 0 Å². The summed E-state index contributed by atoms with van der Waals surface area (Å²) in [6.07, 6.45) is 8.60. The zero-order valence-electron chi connectivity index (χ0n) is 7.53. The molecule has 1 fully saturated rings. The van der Waals surface area contributed by atoms with Gasteiger partial charge in [-0.1, -0.05) is 25.8 Å². The summed E-state index contributed by atoms with van der Waals surface area (Å²) in [4.78, 5) is 0. The highest BCUT2D eigenvalue weighted by molar-refractivity contribution is 5.02. The quantitative estimate of drug-likeness (QED) is 0.601. The normalized spacial score (nSPS) is 32.8. The van der Waals surface area contributed by atoms with Crippen molar-refractivity contribution in [2.75, 3.05) is 6.54 Å². The minimum atomic E-state index is 0.260. The van der Waals surface area contributed by atoms with Gasteiger partial charge in [0.1, 0.15) is 0 Å². The smallest absolute Gasteiger partial charge is 0.0358 e. The van der Waals surface area contributed by atoms with Gasteiger partial charge < -0.3 is 5.32 Å². The zero-order valence-corrected chi connectivity index (χ0v) is 7.53. The average Bonchev–Trinajstić information content (AvgIpc) is 2.30. The van der Waals surface area contributed by atoms with Crippen molar-refractivity contribution in [1.82, 2.24) is 5.32 Å². The van der Waals surface area contributed by atoms with Crippen molar-refractivity contribution >= 4 is 0 Å². The van der Waals surface area contributed by atoms with Crippen molar-refractivity contribution in [3.63, 3.8) is 0 Å². The lowest BCUT2D eigenvalue weighted by Crippen LogP contribution is -2.41. The molecule has 1 aliphatic rings. The highest BCUT2D eigenvalue weighted by Gasteiger charge is 2.24. The highest BCUT2D eigenvalue weighted by Crippen LogP contribution is 2.22. The summed E-state index contributed by atoms with van der Waals surface area (Å²) in [5.41, 5.74) is 0.260. The minimum Gasteiger partial charge on any atom is -0.308 e. The summed E-state index contributed by atoms with van der Waals surface area (Å²) in [5, 5.41) is 3.58. The summed E-state index contributed by atoms with van der Waals surface area (Å²) in [7, 11) is 0. The second-order valence-corrected chi connectivity index (χ2v) is 3.45. The molecule has 0 radical (unpaired) electrons. The molecule has 1 atom stereocenters. The second-order valence-electron chi connectivity index (χ2n) is 3.45. The van der Waals surface area contributed by atoms with Gasteiger partial charge >= 0.3 is 0 Å². The molecule has 1 rings (SSSR count). The molecule has 1 unspecified atom stereocenters. The van der Waals surface area contributed by atoms with Crippen molar-refractivity contribution in [3.05, 3.63) is 12.7 Å². The molecule has 1 nitrogen and oxygen atoms in total. The topological polar surface area (TPSA) is 12.0 Å². The van der Waals surface area contributed by atoms with Gasteiger partial charge in [-0.15, -0.1) is 6.58 Å². The van der Waals surface area contributed by atoms with E-state index < -0.39 is 0 Å². The van der Waals surface area contributed by atoms with Crippen LogP contribution < -0.4 is 5.32 Å².